The van der Waals surface area contributed by atoms with Crippen molar-refractivity contribution in [3.8, 4) is 0 Å². The molecular formula is C25H26N2O4. The van der Waals surface area contributed by atoms with Gasteiger partial charge in [0.25, 0.3) is 11.8 Å². The largest absolute Gasteiger partial charge is 0.345 e. The Labute approximate surface area is 181 Å². The van der Waals surface area contributed by atoms with Crippen LogP contribution in [-0.2, 0) is 16.1 Å². The highest BCUT2D eigenvalue weighted by atomic mass is 16.2. The van der Waals surface area contributed by atoms with E-state index in [0.717, 1.165) is 11.1 Å². The zero-order chi connectivity index (χ0) is 22.1. The van der Waals surface area contributed by atoms with Crippen molar-refractivity contribution in [1.29, 1.82) is 0 Å². The molecule has 1 unspecified atom stereocenters. The van der Waals surface area contributed by atoms with Crippen molar-refractivity contribution in [2.75, 3.05) is 0 Å². The summed E-state index contributed by atoms with van der Waals surface area (Å²) in [4.78, 5) is 51.2. The van der Waals surface area contributed by atoms with Crippen molar-refractivity contribution >= 4 is 23.4 Å². The number of nitrogens with zero attached hydrogens (tertiary/aromatic N) is 1. The van der Waals surface area contributed by atoms with Gasteiger partial charge in [-0.3, -0.25) is 19.2 Å². The van der Waals surface area contributed by atoms with Crippen molar-refractivity contribution in [2.45, 2.75) is 51.7 Å². The summed E-state index contributed by atoms with van der Waals surface area (Å²) in [6, 6.07) is 14.2. The van der Waals surface area contributed by atoms with Crippen LogP contribution in [0.5, 0.6) is 0 Å². The van der Waals surface area contributed by atoms with Crippen molar-refractivity contribution in [3.63, 3.8) is 0 Å². The van der Waals surface area contributed by atoms with Crippen LogP contribution in [-0.4, -0.2) is 34.3 Å². The number of fused-ring (bicyclic) bond motifs is 1. The Hall–Kier alpha value is -3.28. The van der Waals surface area contributed by atoms with E-state index in [4.69, 9.17) is 0 Å². The van der Waals surface area contributed by atoms with Gasteiger partial charge in [-0.05, 0) is 41.7 Å². The molecule has 6 heteroatoms. The van der Waals surface area contributed by atoms with Gasteiger partial charge in [-0.15, -0.1) is 0 Å². The van der Waals surface area contributed by atoms with E-state index < -0.39 is 6.04 Å². The van der Waals surface area contributed by atoms with E-state index in [9.17, 15) is 19.2 Å². The summed E-state index contributed by atoms with van der Waals surface area (Å²) in [6.07, 6.45) is 0.590. The molecule has 6 nitrogen and oxygen atoms in total. The van der Waals surface area contributed by atoms with Gasteiger partial charge in [0.05, 0.1) is 18.5 Å². The average Bonchev–Trinajstić information content (AvgIpc) is 3.08. The molecule has 1 aliphatic carbocycles. The second kappa shape index (κ2) is 8.46. The summed E-state index contributed by atoms with van der Waals surface area (Å²) in [7, 11) is 0. The van der Waals surface area contributed by atoms with Crippen LogP contribution >= 0.6 is 0 Å². The predicted molar refractivity (Wildman–Crippen MR) is 115 cm³/mol. The van der Waals surface area contributed by atoms with Gasteiger partial charge in [0.1, 0.15) is 5.78 Å². The molecule has 31 heavy (non-hydrogen) atoms. The van der Waals surface area contributed by atoms with Gasteiger partial charge in [0, 0.05) is 24.1 Å². The van der Waals surface area contributed by atoms with E-state index in [1.165, 1.54) is 0 Å². The van der Waals surface area contributed by atoms with E-state index in [2.05, 4.69) is 19.2 Å². The standard InChI is InChI=1S/C25H26N2O4/c1-15(2)23(16-6-4-3-5-7-16)26-24(30)17-8-10-20-18(12-17)14-27(25(20)31)21-11-9-19(28)13-22(21)29/h3-8,10,12,15,21,23H,9,11,13-14H2,1-2H3,(H,26,30)/t21?,23-/m1/s1. The Morgan fingerprint density at radius 3 is 2.48 bits per heavy atom. The van der Waals surface area contributed by atoms with Gasteiger partial charge in [0.15, 0.2) is 5.78 Å². The second-order valence-electron chi connectivity index (χ2n) is 8.65. The molecule has 2 aromatic carbocycles. The maximum absolute atomic E-state index is 13.0. The first-order valence-corrected chi connectivity index (χ1v) is 10.7. The minimum absolute atomic E-state index is 0.0671. The minimum atomic E-state index is -0.557. The first-order valence-electron chi connectivity index (χ1n) is 10.7. The van der Waals surface area contributed by atoms with Crippen LogP contribution in [0.15, 0.2) is 48.5 Å². The number of carbonyl (C=O) groups excluding carboxylic acids is 4. The number of carbonyl (C=O) groups is 4. The zero-order valence-electron chi connectivity index (χ0n) is 17.8. The van der Waals surface area contributed by atoms with Gasteiger partial charge in [-0.25, -0.2) is 0 Å². The first kappa shape index (κ1) is 21.0. The molecule has 2 amide bonds. The molecular weight excluding hydrogens is 392 g/mol. The summed E-state index contributed by atoms with van der Waals surface area (Å²) in [5.74, 6) is -0.465. The smallest absolute Gasteiger partial charge is 0.255 e. The van der Waals surface area contributed by atoms with Gasteiger partial charge in [0.2, 0.25) is 0 Å². The van der Waals surface area contributed by atoms with E-state index in [1.807, 2.05) is 30.3 Å². The van der Waals surface area contributed by atoms with Crippen molar-refractivity contribution in [1.82, 2.24) is 10.2 Å². The first-order chi connectivity index (χ1) is 14.8. The van der Waals surface area contributed by atoms with Gasteiger partial charge in [-0.1, -0.05) is 44.2 Å². The highest BCUT2D eigenvalue weighted by molar-refractivity contribution is 6.08. The van der Waals surface area contributed by atoms with Crippen LogP contribution in [0.2, 0.25) is 0 Å². The molecule has 1 heterocycles. The molecule has 1 saturated carbocycles. The molecule has 4 rings (SSSR count). The van der Waals surface area contributed by atoms with Crippen LogP contribution in [0.1, 0.15) is 71.0 Å². The van der Waals surface area contributed by atoms with E-state index in [0.29, 0.717) is 24.0 Å². The third kappa shape index (κ3) is 4.15. The molecule has 0 radical (unpaired) electrons. The second-order valence-corrected chi connectivity index (χ2v) is 8.65. The highest BCUT2D eigenvalue weighted by Crippen LogP contribution is 2.30. The lowest BCUT2D eigenvalue weighted by Crippen LogP contribution is -2.44. The number of hydrogen-bond donors (Lipinski definition) is 1. The third-order valence-electron chi connectivity index (χ3n) is 6.13. The summed E-state index contributed by atoms with van der Waals surface area (Å²) in [5.41, 5.74) is 2.78. The van der Waals surface area contributed by atoms with Gasteiger partial charge >= 0.3 is 0 Å². The lowest BCUT2D eigenvalue weighted by Gasteiger charge is -2.29. The number of rotatable bonds is 5. The maximum atomic E-state index is 13.0. The van der Waals surface area contributed by atoms with Crippen LogP contribution in [0.25, 0.3) is 0 Å². The monoisotopic (exact) mass is 418 g/mol. The molecule has 1 fully saturated rings. The fourth-order valence-corrected chi connectivity index (χ4v) is 4.44. The third-order valence-corrected chi connectivity index (χ3v) is 6.13. The number of nitrogens with one attached hydrogen (secondary N) is 1. The topological polar surface area (TPSA) is 83.6 Å². The minimum Gasteiger partial charge on any atom is -0.345 e. The highest BCUT2D eigenvalue weighted by Gasteiger charge is 2.39. The molecule has 2 atom stereocenters. The van der Waals surface area contributed by atoms with Crippen LogP contribution in [0, 0.1) is 5.92 Å². The Kier molecular flexibility index (Phi) is 5.72. The van der Waals surface area contributed by atoms with Gasteiger partial charge in [-0.2, -0.15) is 0 Å². The number of benzene rings is 2. The molecule has 0 saturated heterocycles. The molecule has 0 aromatic heterocycles. The number of amides is 2. The Bertz CT molecular complexity index is 1040. The summed E-state index contributed by atoms with van der Waals surface area (Å²) in [5, 5.41) is 3.11. The predicted octanol–water partition coefficient (Wildman–Crippen LogP) is 3.46. The average molecular weight is 418 g/mol. The van der Waals surface area contributed by atoms with Crippen molar-refractivity contribution in [2.24, 2.45) is 5.92 Å². The normalized spacial score (nSPS) is 19.5. The lowest BCUT2D eigenvalue weighted by atomic mass is 9.92. The van der Waals surface area contributed by atoms with Gasteiger partial charge < -0.3 is 10.2 Å². The van der Waals surface area contributed by atoms with Crippen LogP contribution in [0.3, 0.4) is 0 Å². The van der Waals surface area contributed by atoms with Crippen LogP contribution < -0.4 is 5.32 Å². The van der Waals surface area contributed by atoms with Crippen molar-refractivity contribution < 1.29 is 19.2 Å². The number of hydrogen-bond acceptors (Lipinski definition) is 4. The fourth-order valence-electron chi connectivity index (χ4n) is 4.44. The quantitative estimate of drug-likeness (QED) is 0.754. The van der Waals surface area contributed by atoms with E-state index in [1.54, 1.807) is 23.1 Å². The summed E-state index contributed by atoms with van der Waals surface area (Å²) in [6.45, 7) is 4.40. The molecule has 2 aromatic rings. The Morgan fingerprint density at radius 2 is 1.81 bits per heavy atom. The maximum Gasteiger partial charge on any atom is 0.255 e. The number of ketones is 2. The summed E-state index contributed by atoms with van der Waals surface area (Å²) >= 11 is 0. The molecule has 160 valence electrons. The lowest BCUT2D eigenvalue weighted by molar-refractivity contribution is -0.133. The molecule has 1 aliphatic heterocycles. The van der Waals surface area contributed by atoms with Crippen LogP contribution in [0.4, 0.5) is 0 Å². The summed E-state index contributed by atoms with van der Waals surface area (Å²) < 4.78 is 0. The van der Waals surface area contributed by atoms with Crippen molar-refractivity contribution in [3.05, 3.63) is 70.8 Å². The Morgan fingerprint density at radius 1 is 1.06 bits per heavy atom. The molecule has 0 spiro atoms. The fraction of sp³-hybridized carbons (Fsp3) is 0.360. The Balaban J connectivity index is 1.52. The molecule has 2 aliphatic rings. The van der Waals surface area contributed by atoms with E-state index in [-0.39, 0.29) is 48.3 Å². The zero-order valence-corrected chi connectivity index (χ0v) is 17.8. The number of Topliss-reactive ketones (excluding diaryl/α,β-unsaturated/α-hetero) is 2. The molecule has 1 N–H and O–H groups in total. The van der Waals surface area contributed by atoms with E-state index >= 15 is 0 Å². The molecule has 0 bridgehead atoms. The SMILES string of the molecule is CC(C)[C@@H](NC(=O)c1ccc2c(c1)CN(C1CCC(=O)CC1=O)C2=O)c1ccccc1.